The van der Waals surface area contributed by atoms with Gasteiger partial charge in [-0.05, 0) is 36.8 Å². The Labute approximate surface area is 128 Å². The van der Waals surface area contributed by atoms with Crippen molar-refractivity contribution in [1.82, 2.24) is 0 Å². The summed E-state index contributed by atoms with van der Waals surface area (Å²) in [5, 5.41) is 11.6. The largest absolute Gasteiger partial charge is 0.398 e. The van der Waals surface area contributed by atoms with Gasteiger partial charge in [-0.25, -0.2) is 0 Å². The molecule has 0 radical (unpaired) electrons. The number of para-hydroxylation sites is 1. The summed E-state index contributed by atoms with van der Waals surface area (Å²) in [6, 6.07) is 14.6. The van der Waals surface area contributed by atoms with E-state index in [1.165, 1.54) is 11.8 Å². The fourth-order valence-corrected chi connectivity index (χ4v) is 2.64. The fraction of sp³-hybridized carbons (Fsp3) is 0.125. The Bertz CT molecular complexity index is 707. The van der Waals surface area contributed by atoms with Crippen molar-refractivity contribution in [1.29, 1.82) is 5.26 Å². The minimum absolute atomic E-state index is 0.129. The van der Waals surface area contributed by atoms with Crippen LogP contribution in [0.4, 0.5) is 11.4 Å². The second-order valence-electron chi connectivity index (χ2n) is 4.52. The van der Waals surface area contributed by atoms with Gasteiger partial charge in [0.05, 0.1) is 17.4 Å². The summed E-state index contributed by atoms with van der Waals surface area (Å²) in [6.07, 6.45) is 0. The average Bonchev–Trinajstić information content (AvgIpc) is 2.49. The van der Waals surface area contributed by atoms with Crippen LogP contribution in [0.25, 0.3) is 0 Å². The molecule has 106 valence electrons. The van der Waals surface area contributed by atoms with Gasteiger partial charge in [0.2, 0.25) is 5.91 Å². The molecule has 0 spiro atoms. The summed E-state index contributed by atoms with van der Waals surface area (Å²) in [7, 11) is 0. The summed E-state index contributed by atoms with van der Waals surface area (Å²) in [6.45, 7) is 1.94. The molecule has 5 heteroatoms. The van der Waals surface area contributed by atoms with Crippen molar-refractivity contribution in [3.8, 4) is 6.07 Å². The number of benzene rings is 2. The second-order valence-corrected chi connectivity index (χ2v) is 5.53. The standard InChI is InChI=1S/C16H15N3OS/c1-11-4-2-7-14(16(11)18)21-10-15(20)19-13-6-3-5-12(8-13)9-17/h2-8H,10,18H2,1H3,(H,19,20). The molecule has 4 nitrogen and oxygen atoms in total. The number of nitrogen functional groups attached to an aromatic ring is 1. The molecule has 0 atom stereocenters. The number of rotatable bonds is 4. The van der Waals surface area contributed by atoms with E-state index < -0.39 is 0 Å². The van der Waals surface area contributed by atoms with E-state index in [1.807, 2.05) is 31.2 Å². The highest BCUT2D eigenvalue weighted by molar-refractivity contribution is 8.00. The van der Waals surface area contributed by atoms with Gasteiger partial charge in [0.25, 0.3) is 0 Å². The summed E-state index contributed by atoms with van der Waals surface area (Å²) in [5.74, 6) is 0.140. The quantitative estimate of drug-likeness (QED) is 0.671. The SMILES string of the molecule is Cc1cccc(SCC(=O)Nc2cccc(C#N)c2)c1N. The van der Waals surface area contributed by atoms with E-state index in [9.17, 15) is 4.79 Å². The molecular formula is C16H15N3OS. The summed E-state index contributed by atoms with van der Waals surface area (Å²) < 4.78 is 0. The smallest absolute Gasteiger partial charge is 0.234 e. The van der Waals surface area contributed by atoms with Crippen LogP contribution in [-0.2, 0) is 4.79 Å². The maximum absolute atomic E-state index is 11.9. The zero-order valence-electron chi connectivity index (χ0n) is 11.6. The molecule has 0 fully saturated rings. The predicted molar refractivity (Wildman–Crippen MR) is 86.1 cm³/mol. The minimum Gasteiger partial charge on any atom is -0.398 e. The first kappa shape index (κ1) is 14.9. The molecule has 3 N–H and O–H groups in total. The van der Waals surface area contributed by atoms with Crippen LogP contribution in [0.15, 0.2) is 47.4 Å². The highest BCUT2D eigenvalue weighted by atomic mass is 32.2. The Morgan fingerprint density at radius 1 is 1.33 bits per heavy atom. The molecular weight excluding hydrogens is 282 g/mol. The van der Waals surface area contributed by atoms with Crippen LogP contribution in [0.3, 0.4) is 0 Å². The van der Waals surface area contributed by atoms with Crippen LogP contribution >= 0.6 is 11.8 Å². The number of thioether (sulfide) groups is 1. The molecule has 0 saturated carbocycles. The van der Waals surface area contributed by atoms with Gasteiger partial charge < -0.3 is 11.1 Å². The number of amides is 1. The molecule has 1 amide bonds. The van der Waals surface area contributed by atoms with E-state index in [1.54, 1.807) is 24.3 Å². The van der Waals surface area contributed by atoms with Gasteiger partial charge in [0.15, 0.2) is 0 Å². The van der Waals surface area contributed by atoms with Crippen molar-refractivity contribution in [2.45, 2.75) is 11.8 Å². The van der Waals surface area contributed by atoms with Crippen molar-refractivity contribution in [2.24, 2.45) is 0 Å². The Morgan fingerprint density at radius 3 is 2.86 bits per heavy atom. The second kappa shape index (κ2) is 6.82. The van der Waals surface area contributed by atoms with Crippen LogP contribution in [0.2, 0.25) is 0 Å². The van der Waals surface area contributed by atoms with Gasteiger partial charge in [-0.15, -0.1) is 11.8 Å². The van der Waals surface area contributed by atoms with Gasteiger partial charge in [-0.1, -0.05) is 18.2 Å². The van der Waals surface area contributed by atoms with Crippen molar-refractivity contribution < 1.29 is 4.79 Å². The number of aryl methyl sites for hydroxylation is 1. The van der Waals surface area contributed by atoms with Crippen LogP contribution in [0, 0.1) is 18.3 Å². The van der Waals surface area contributed by atoms with E-state index in [4.69, 9.17) is 11.0 Å². The van der Waals surface area contributed by atoms with Gasteiger partial charge in [-0.2, -0.15) is 5.26 Å². The van der Waals surface area contributed by atoms with Crippen molar-refractivity contribution >= 4 is 29.0 Å². The maximum Gasteiger partial charge on any atom is 0.234 e. The highest BCUT2D eigenvalue weighted by Gasteiger charge is 2.07. The van der Waals surface area contributed by atoms with E-state index in [2.05, 4.69) is 5.32 Å². The number of carbonyl (C=O) groups excluding carboxylic acids is 1. The zero-order chi connectivity index (χ0) is 15.2. The Morgan fingerprint density at radius 2 is 2.10 bits per heavy atom. The number of nitrogens with two attached hydrogens (primary N) is 1. The van der Waals surface area contributed by atoms with Crippen molar-refractivity contribution in [2.75, 3.05) is 16.8 Å². The van der Waals surface area contributed by atoms with Gasteiger partial charge in [-0.3, -0.25) is 4.79 Å². The molecule has 0 heterocycles. The molecule has 0 aliphatic carbocycles. The lowest BCUT2D eigenvalue weighted by Gasteiger charge is -2.08. The third-order valence-electron chi connectivity index (χ3n) is 2.92. The molecule has 0 aliphatic rings. The lowest BCUT2D eigenvalue weighted by atomic mass is 10.2. The number of nitrogens with one attached hydrogen (secondary N) is 1. The molecule has 21 heavy (non-hydrogen) atoms. The van der Waals surface area contributed by atoms with Gasteiger partial charge in [0, 0.05) is 16.3 Å². The number of nitriles is 1. The minimum atomic E-state index is -0.129. The number of hydrogen-bond donors (Lipinski definition) is 2. The monoisotopic (exact) mass is 297 g/mol. The molecule has 0 aliphatic heterocycles. The zero-order valence-corrected chi connectivity index (χ0v) is 12.4. The molecule has 0 saturated heterocycles. The lowest BCUT2D eigenvalue weighted by Crippen LogP contribution is -2.14. The van der Waals surface area contributed by atoms with Gasteiger partial charge >= 0.3 is 0 Å². The van der Waals surface area contributed by atoms with E-state index >= 15 is 0 Å². The average molecular weight is 297 g/mol. The molecule has 2 rings (SSSR count). The molecule has 2 aromatic carbocycles. The number of anilines is 2. The third-order valence-corrected chi connectivity index (χ3v) is 3.99. The van der Waals surface area contributed by atoms with Crippen LogP contribution in [0.1, 0.15) is 11.1 Å². The molecule has 0 aromatic heterocycles. The molecule has 0 unspecified atom stereocenters. The number of carbonyl (C=O) groups is 1. The first-order valence-electron chi connectivity index (χ1n) is 6.38. The Balaban J connectivity index is 1.96. The van der Waals surface area contributed by atoms with Crippen LogP contribution < -0.4 is 11.1 Å². The van der Waals surface area contributed by atoms with Gasteiger partial charge in [0.1, 0.15) is 0 Å². The first-order valence-corrected chi connectivity index (χ1v) is 7.36. The molecule has 2 aromatic rings. The number of hydrogen-bond acceptors (Lipinski definition) is 4. The maximum atomic E-state index is 11.9. The summed E-state index contributed by atoms with van der Waals surface area (Å²) >= 11 is 1.40. The van der Waals surface area contributed by atoms with Crippen molar-refractivity contribution in [3.63, 3.8) is 0 Å². The summed E-state index contributed by atoms with van der Waals surface area (Å²) in [4.78, 5) is 12.8. The van der Waals surface area contributed by atoms with E-state index in [-0.39, 0.29) is 11.7 Å². The molecule has 0 bridgehead atoms. The lowest BCUT2D eigenvalue weighted by molar-refractivity contribution is -0.113. The van der Waals surface area contributed by atoms with E-state index in [0.29, 0.717) is 16.9 Å². The third kappa shape index (κ3) is 4.01. The summed E-state index contributed by atoms with van der Waals surface area (Å²) in [5.41, 5.74) is 8.82. The normalized spacial score (nSPS) is 9.90. The van der Waals surface area contributed by atoms with Crippen LogP contribution in [-0.4, -0.2) is 11.7 Å². The van der Waals surface area contributed by atoms with E-state index in [0.717, 1.165) is 10.5 Å². The first-order chi connectivity index (χ1) is 10.1. The fourth-order valence-electron chi connectivity index (χ4n) is 1.79. The van der Waals surface area contributed by atoms with Crippen molar-refractivity contribution in [3.05, 3.63) is 53.6 Å². The Kier molecular flexibility index (Phi) is 4.85. The highest BCUT2D eigenvalue weighted by Crippen LogP contribution is 2.27. The van der Waals surface area contributed by atoms with Crippen LogP contribution in [0.5, 0.6) is 0 Å². The topological polar surface area (TPSA) is 78.9 Å². The number of nitrogens with zero attached hydrogens (tertiary/aromatic N) is 1. The Hall–Kier alpha value is -2.45. The predicted octanol–water partition coefficient (Wildman–Crippen LogP) is 3.18.